The average molecular weight is 580 g/mol. The number of carbonyl (C=O) groups is 1. The molecular weight excluding hydrogens is 553 g/mol. The standard InChI is InChI=1S/C27H26F5N5O4/c1-40-17-9-15(10-18(12-17)41-2)23-19-5-7-35(13-22(33)38)24(19)25(39)37(34-23)21-11-16(3-4-20(21)27(30,31)32)36-8-6-26(28,29)14-36/h3-4,9-12H,5-8,13-14H2,1-2H3,(H2,33,38). The Morgan fingerprint density at radius 3 is 2.32 bits per heavy atom. The Morgan fingerprint density at radius 1 is 1.07 bits per heavy atom. The SMILES string of the molecule is COc1cc(OC)cc(-c2nn(-c3cc(N4CCC(F)(F)C4)ccc3C(F)(F)F)c(=O)c3c2CCN3CC(N)=O)c1. The summed E-state index contributed by atoms with van der Waals surface area (Å²) in [5.74, 6) is -3.00. The normalized spacial score (nSPS) is 16.2. The Balaban J connectivity index is 1.79. The average Bonchev–Trinajstić information content (AvgIpc) is 3.50. The van der Waals surface area contributed by atoms with Gasteiger partial charge in [0.05, 0.1) is 44.3 Å². The van der Waals surface area contributed by atoms with Gasteiger partial charge >= 0.3 is 6.18 Å². The minimum absolute atomic E-state index is 0.0261. The Labute approximate surface area is 230 Å². The zero-order valence-corrected chi connectivity index (χ0v) is 22.1. The molecule has 0 radical (unpaired) electrons. The van der Waals surface area contributed by atoms with Crippen LogP contribution in [0.4, 0.5) is 33.3 Å². The Kier molecular flexibility index (Phi) is 7.03. The van der Waals surface area contributed by atoms with E-state index < -0.39 is 47.8 Å². The molecule has 1 fully saturated rings. The van der Waals surface area contributed by atoms with Crippen LogP contribution in [0.5, 0.6) is 11.5 Å². The topological polar surface area (TPSA) is 103 Å². The zero-order chi connectivity index (χ0) is 29.7. The fourth-order valence-corrected chi connectivity index (χ4v) is 5.24. The highest BCUT2D eigenvalue weighted by Gasteiger charge is 2.40. The van der Waals surface area contributed by atoms with Crippen LogP contribution in [0, 0.1) is 0 Å². The summed E-state index contributed by atoms with van der Waals surface area (Å²) in [6.07, 6.45) is -5.10. The van der Waals surface area contributed by atoms with Crippen LogP contribution in [0.25, 0.3) is 16.9 Å². The third-order valence-electron chi connectivity index (χ3n) is 7.14. The van der Waals surface area contributed by atoms with Crippen LogP contribution < -0.4 is 30.6 Å². The van der Waals surface area contributed by atoms with Gasteiger partial charge in [-0.15, -0.1) is 0 Å². The molecule has 1 saturated heterocycles. The van der Waals surface area contributed by atoms with Gasteiger partial charge in [-0.25, -0.2) is 8.78 Å². The first-order valence-corrected chi connectivity index (χ1v) is 12.6. The van der Waals surface area contributed by atoms with Gasteiger partial charge in [-0.1, -0.05) is 0 Å². The van der Waals surface area contributed by atoms with Crippen molar-refractivity contribution in [3.8, 4) is 28.4 Å². The number of primary amides is 1. The monoisotopic (exact) mass is 579 g/mol. The van der Waals surface area contributed by atoms with E-state index in [1.807, 2.05) is 0 Å². The lowest BCUT2D eigenvalue weighted by atomic mass is 10.0. The molecule has 41 heavy (non-hydrogen) atoms. The van der Waals surface area contributed by atoms with Gasteiger partial charge in [-0.2, -0.15) is 23.0 Å². The van der Waals surface area contributed by atoms with Crippen molar-refractivity contribution in [1.29, 1.82) is 0 Å². The molecule has 2 aliphatic rings. The second kappa shape index (κ2) is 10.2. The zero-order valence-electron chi connectivity index (χ0n) is 22.1. The molecule has 5 rings (SSSR count). The smallest absolute Gasteiger partial charge is 0.418 e. The molecule has 3 heterocycles. The summed E-state index contributed by atoms with van der Waals surface area (Å²) >= 11 is 0. The number of halogens is 5. The lowest BCUT2D eigenvalue weighted by molar-refractivity contribution is -0.137. The third-order valence-corrected chi connectivity index (χ3v) is 7.14. The number of carbonyl (C=O) groups excluding carboxylic acids is 1. The molecular formula is C27H26F5N5O4. The molecule has 2 N–H and O–H groups in total. The minimum atomic E-state index is -4.91. The Bertz CT molecular complexity index is 1550. The van der Waals surface area contributed by atoms with E-state index in [0.717, 1.165) is 18.2 Å². The fraction of sp³-hybridized carbons (Fsp3) is 0.370. The van der Waals surface area contributed by atoms with Crippen LogP contribution in [0.3, 0.4) is 0 Å². The van der Waals surface area contributed by atoms with Crippen LogP contribution in [0.15, 0.2) is 41.2 Å². The largest absolute Gasteiger partial charge is 0.497 e. The maximum absolute atomic E-state index is 14.3. The molecule has 2 aliphatic heterocycles. The summed E-state index contributed by atoms with van der Waals surface area (Å²) in [6, 6.07) is 7.65. The molecule has 2 aromatic carbocycles. The van der Waals surface area contributed by atoms with E-state index >= 15 is 0 Å². The Morgan fingerprint density at radius 2 is 1.76 bits per heavy atom. The molecule has 1 aromatic heterocycles. The number of anilines is 2. The quantitative estimate of drug-likeness (QED) is 0.427. The maximum atomic E-state index is 14.3. The van der Waals surface area contributed by atoms with E-state index in [9.17, 15) is 31.5 Å². The van der Waals surface area contributed by atoms with Crippen LogP contribution in [0.1, 0.15) is 17.5 Å². The van der Waals surface area contributed by atoms with E-state index in [4.69, 9.17) is 15.2 Å². The molecule has 0 spiro atoms. The molecule has 0 aliphatic carbocycles. The molecule has 218 valence electrons. The minimum Gasteiger partial charge on any atom is -0.497 e. The van der Waals surface area contributed by atoms with Crippen molar-refractivity contribution in [3.63, 3.8) is 0 Å². The highest BCUT2D eigenvalue weighted by atomic mass is 19.4. The second-order valence-corrected chi connectivity index (χ2v) is 9.86. The molecule has 9 nitrogen and oxygen atoms in total. The van der Waals surface area contributed by atoms with Gasteiger partial charge in [-0.3, -0.25) is 9.59 Å². The van der Waals surface area contributed by atoms with Gasteiger partial charge in [0.15, 0.2) is 0 Å². The summed E-state index contributed by atoms with van der Waals surface area (Å²) in [4.78, 5) is 28.3. The van der Waals surface area contributed by atoms with Gasteiger partial charge in [0.25, 0.3) is 11.5 Å². The number of alkyl halides is 5. The first kappa shape index (κ1) is 28.2. The van der Waals surface area contributed by atoms with Crippen molar-refractivity contribution in [3.05, 3.63) is 57.9 Å². The van der Waals surface area contributed by atoms with E-state index in [-0.39, 0.29) is 43.1 Å². The summed E-state index contributed by atoms with van der Waals surface area (Å²) < 4.78 is 82.0. The number of fused-ring (bicyclic) bond motifs is 1. The number of benzene rings is 2. The van der Waals surface area contributed by atoms with Gasteiger partial charge < -0.3 is 25.0 Å². The van der Waals surface area contributed by atoms with Crippen molar-refractivity contribution in [2.24, 2.45) is 5.73 Å². The summed E-state index contributed by atoms with van der Waals surface area (Å²) in [7, 11) is 2.85. The number of aromatic nitrogens is 2. The first-order valence-electron chi connectivity index (χ1n) is 12.6. The number of nitrogens with two attached hydrogens (primary N) is 1. The second-order valence-electron chi connectivity index (χ2n) is 9.86. The van der Waals surface area contributed by atoms with Crippen molar-refractivity contribution in [2.45, 2.75) is 24.9 Å². The lowest BCUT2D eigenvalue weighted by Crippen LogP contribution is -2.37. The first-order chi connectivity index (χ1) is 19.3. The molecule has 3 aromatic rings. The number of hydrogen-bond acceptors (Lipinski definition) is 7. The third kappa shape index (κ3) is 5.37. The van der Waals surface area contributed by atoms with Crippen LogP contribution in [-0.2, 0) is 17.4 Å². The van der Waals surface area contributed by atoms with E-state index in [2.05, 4.69) is 5.10 Å². The lowest BCUT2D eigenvalue weighted by Gasteiger charge is -2.23. The molecule has 0 bridgehead atoms. The number of hydrogen-bond donors (Lipinski definition) is 1. The van der Waals surface area contributed by atoms with Gasteiger partial charge in [0.2, 0.25) is 5.91 Å². The summed E-state index contributed by atoms with van der Waals surface area (Å²) in [5, 5.41) is 4.40. The highest BCUT2D eigenvalue weighted by molar-refractivity contribution is 5.82. The number of ether oxygens (including phenoxy) is 2. The van der Waals surface area contributed by atoms with Crippen molar-refractivity contribution in [2.75, 3.05) is 50.2 Å². The van der Waals surface area contributed by atoms with E-state index in [0.29, 0.717) is 27.3 Å². The fourth-order valence-electron chi connectivity index (χ4n) is 5.24. The van der Waals surface area contributed by atoms with E-state index in [1.165, 1.54) is 24.0 Å². The van der Waals surface area contributed by atoms with Crippen LogP contribution >= 0.6 is 0 Å². The molecule has 14 heteroatoms. The summed E-state index contributed by atoms with van der Waals surface area (Å²) in [5.41, 5.74) is 3.67. The Hall–Kier alpha value is -4.36. The van der Waals surface area contributed by atoms with Crippen LogP contribution in [0.2, 0.25) is 0 Å². The summed E-state index contributed by atoms with van der Waals surface area (Å²) in [6.45, 7) is -0.901. The number of nitrogens with zero attached hydrogens (tertiary/aromatic N) is 4. The highest BCUT2D eigenvalue weighted by Crippen LogP contribution is 2.40. The van der Waals surface area contributed by atoms with Gasteiger partial charge in [0, 0.05) is 42.4 Å². The number of methoxy groups -OCH3 is 2. The van der Waals surface area contributed by atoms with Crippen LogP contribution in [-0.4, -0.2) is 62.0 Å². The molecule has 0 saturated carbocycles. The van der Waals surface area contributed by atoms with Crippen molar-refractivity contribution < 1.29 is 36.2 Å². The molecule has 0 unspecified atom stereocenters. The molecule has 0 atom stereocenters. The predicted molar refractivity (Wildman–Crippen MR) is 140 cm³/mol. The van der Waals surface area contributed by atoms with E-state index in [1.54, 1.807) is 18.2 Å². The maximum Gasteiger partial charge on any atom is 0.418 e. The molecule has 1 amide bonds. The number of amides is 1. The predicted octanol–water partition coefficient (Wildman–Crippen LogP) is 3.63. The van der Waals surface area contributed by atoms with Gasteiger partial charge in [-0.05, 0) is 36.8 Å². The number of rotatable bonds is 7. The van der Waals surface area contributed by atoms with Gasteiger partial charge in [0.1, 0.15) is 17.2 Å². The van der Waals surface area contributed by atoms with Crippen molar-refractivity contribution in [1.82, 2.24) is 9.78 Å². The van der Waals surface area contributed by atoms with Crippen molar-refractivity contribution >= 4 is 17.3 Å².